The Morgan fingerprint density at radius 1 is 1.29 bits per heavy atom. The molecule has 0 saturated carbocycles. The first kappa shape index (κ1) is 15.0. The number of hydrogen-bond acceptors (Lipinski definition) is 6. The zero-order chi connectivity index (χ0) is 15.5. The molecule has 0 bridgehead atoms. The minimum absolute atomic E-state index is 0.228. The van der Waals surface area contributed by atoms with Gasteiger partial charge in [0.25, 0.3) is 0 Å². The summed E-state index contributed by atoms with van der Waals surface area (Å²) in [4.78, 5) is 16.2. The lowest BCUT2D eigenvalue weighted by molar-refractivity contribution is -0.149. The van der Waals surface area contributed by atoms with Crippen molar-refractivity contribution in [1.29, 1.82) is 0 Å². The van der Waals surface area contributed by atoms with E-state index >= 15 is 0 Å². The highest BCUT2D eigenvalue weighted by Crippen LogP contribution is 2.26. The first-order chi connectivity index (χ1) is 9.98. The van der Waals surface area contributed by atoms with E-state index in [2.05, 4.69) is 10.1 Å². The summed E-state index contributed by atoms with van der Waals surface area (Å²) >= 11 is 0. The number of nitrogens with zero attached hydrogens (tertiary/aromatic N) is 2. The molecular weight excluding hydrogens is 272 g/mol. The van der Waals surface area contributed by atoms with Gasteiger partial charge < -0.3 is 14.0 Å². The van der Waals surface area contributed by atoms with Gasteiger partial charge in [0.05, 0.1) is 13.7 Å². The Bertz CT molecular complexity index is 617. The lowest BCUT2D eigenvalue weighted by Gasteiger charge is -2.16. The molecule has 2 aromatic rings. The number of hydrogen-bond donors (Lipinski definition) is 0. The van der Waals surface area contributed by atoms with Crippen molar-refractivity contribution in [3.63, 3.8) is 0 Å². The molecule has 1 aromatic heterocycles. The molecule has 6 heteroatoms. The van der Waals surface area contributed by atoms with Crippen LogP contribution in [-0.4, -0.2) is 29.8 Å². The molecule has 0 saturated heterocycles. The Morgan fingerprint density at radius 2 is 1.95 bits per heavy atom. The number of esters is 1. The molecule has 0 aliphatic heterocycles. The quantitative estimate of drug-likeness (QED) is 0.788. The van der Waals surface area contributed by atoms with Crippen LogP contribution in [-0.2, 0) is 14.9 Å². The molecule has 0 N–H and O–H groups in total. The molecule has 0 spiro atoms. The second kappa shape index (κ2) is 5.95. The van der Waals surface area contributed by atoms with Crippen LogP contribution in [0.1, 0.15) is 26.7 Å². The number of rotatable bonds is 5. The molecule has 1 heterocycles. The van der Waals surface area contributed by atoms with Gasteiger partial charge in [-0.15, -0.1) is 0 Å². The van der Waals surface area contributed by atoms with Crippen molar-refractivity contribution in [2.75, 3.05) is 13.7 Å². The highest BCUT2D eigenvalue weighted by atomic mass is 16.5. The molecule has 0 atom stereocenters. The Labute approximate surface area is 123 Å². The highest BCUT2D eigenvalue weighted by Gasteiger charge is 2.37. The van der Waals surface area contributed by atoms with E-state index in [9.17, 15) is 4.79 Å². The molecule has 0 fully saturated rings. The standard InChI is InChI=1S/C15H18N2O4/c1-5-20-14(18)15(2,3)13-16-12(17-21-13)10-6-8-11(19-4)9-7-10/h6-9H,5H2,1-4H3. The topological polar surface area (TPSA) is 74.5 Å². The van der Waals surface area contributed by atoms with Gasteiger partial charge in [-0.05, 0) is 45.0 Å². The van der Waals surface area contributed by atoms with E-state index in [1.807, 2.05) is 24.3 Å². The van der Waals surface area contributed by atoms with E-state index in [0.29, 0.717) is 12.4 Å². The summed E-state index contributed by atoms with van der Waals surface area (Å²) in [5, 5.41) is 3.92. The van der Waals surface area contributed by atoms with Gasteiger partial charge in [-0.2, -0.15) is 4.98 Å². The fourth-order valence-electron chi connectivity index (χ4n) is 1.73. The minimum Gasteiger partial charge on any atom is -0.497 e. The summed E-state index contributed by atoms with van der Waals surface area (Å²) in [7, 11) is 1.60. The van der Waals surface area contributed by atoms with Crippen molar-refractivity contribution in [3.05, 3.63) is 30.2 Å². The molecule has 0 radical (unpaired) electrons. The number of methoxy groups -OCH3 is 1. The average molecular weight is 290 g/mol. The maximum atomic E-state index is 11.9. The highest BCUT2D eigenvalue weighted by molar-refractivity contribution is 5.80. The molecule has 6 nitrogen and oxygen atoms in total. The smallest absolute Gasteiger partial charge is 0.321 e. The zero-order valence-corrected chi connectivity index (χ0v) is 12.5. The van der Waals surface area contributed by atoms with Gasteiger partial charge in [0.2, 0.25) is 11.7 Å². The van der Waals surface area contributed by atoms with E-state index in [4.69, 9.17) is 14.0 Å². The lowest BCUT2D eigenvalue weighted by Crippen LogP contribution is -2.31. The molecule has 21 heavy (non-hydrogen) atoms. The van der Waals surface area contributed by atoms with Crippen molar-refractivity contribution >= 4 is 5.97 Å². The SMILES string of the molecule is CCOC(=O)C(C)(C)c1nc(-c2ccc(OC)cc2)no1. The van der Waals surface area contributed by atoms with Crippen LogP contribution in [0.3, 0.4) is 0 Å². The molecule has 2 rings (SSSR count). The molecule has 112 valence electrons. The summed E-state index contributed by atoms with van der Waals surface area (Å²) < 4.78 is 15.3. The van der Waals surface area contributed by atoms with E-state index in [0.717, 1.165) is 11.3 Å². The molecule has 1 aromatic carbocycles. The van der Waals surface area contributed by atoms with Gasteiger partial charge in [0.1, 0.15) is 11.2 Å². The summed E-state index contributed by atoms with van der Waals surface area (Å²) in [5.41, 5.74) is -0.196. The zero-order valence-electron chi connectivity index (χ0n) is 12.5. The Balaban J connectivity index is 2.26. The van der Waals surface area contributed by atoms with Crippen LogP contribution in [0.5, 0.6) is 5.75 Å². The van der Waals surface area contributed by atoms with Gasteiger partial charge in [-0.25, -0.2) is 0 Å². The van der Waals surface area contributed by atoms with E-state index in [1.54, 1.807) is 27.9 Å². The van der Waals surface area contributed by atoms with Crippen LogP contribution >= 0.6 is 0 Å². The predicted molar refractivity (Wildman–Crippen MR) is 75.9 cm³/mol. The third kappa shape index (κ3) is 3.04. The van der Waals surface area contributed by atoms with E-state index in [1.165, 1.54) is 0 Å². The predicted octanol–water partition coefficient (Wildman–Crippen LogP) is 2.59. The molecule has 0 unspecified atom stereocenters. The number of carbonyl (C=O) groups is 1. The number of ether oxygens (including phenoxy) is 2. The van der Waals surface area contributed by atoms with Gasteiger partial charge in [-0.3, -0.25) is 4.79 Å². The molecule has 0 aliphatic carbocycles. The normalized spacial score (nSPS) is 11.2. The van der Waals surface area contributed by atoms with Gasteiger partial charge >= 0.3 is 5.97 Å². The summed E-state index contributed by atoms with van der Waals surface area (Å²) in [6.45, 7) is 5.44. The van der Waals surface area contributed by atoms with Crippen LogP contribution in [0, 0.1) is 0 Å². The maximum absolute atomic E-state index is 11.9. The number of aromatic nitrogens is 2. The Morgan fingerprint density at radius 3 is 2.52 bits per heavy atom. The summed E-state index contributed by atoms with van der Waals surface area (Å²) in [6, 6.07) is 7.26. The summed E-state index contributed by atoms with van der Waals surface area (Å²) in [6.07, 6.45) is 0. The monoisotopic (exact) mass is 290 g/mol. The average Bonchev–Trinajstić information content (AvgIpc) is 2.98. The van der Waals surface area contributed by atoms with Crippen molar-refractivity contribution < 1.29 is 18.8 Å². The Kier molecular flexibility index (Phi) is 4.26. The molecular formula is C15H18N2O4. The third-order valence-corrected chi connectivity index (χ3v) is 3.09. The van der Waals surface area contributed by atoms with Crippen LogP contribution < -0.4 is 4.74 Å². The number of carbonyl (C=O) groups excluding carboxylic acids is 1. The van der Waals surface area contributed by atoms with Crippen LogP contribution in [0.15, 0.2) is 28.8 Å². The first-order valence-electron chi connectivity index (χ1n) is 6.65. The molecule has 0 amide bonds. The fraction of sp³-hybridized carbons (Fsp3) is 0.400. The van der Waals surface area contributed by atoms with Crippen LogP contribution in [0.25, 0.3) is 11.4 Å². The first-order valence-corrected chi connectivity index (χ1v) is 6.65. The van der Waals surface area contributed by atoms with Crippen molar-refractivity contribution in [2.45, 2.75) is 26.2 Å². The van der Waals surface area contributed by atoms with Crippen molar-refractivity contribution in [2.24, 2.45) is 0 Å². The van der Waals surface area contributed by atoms with Gasteiger partial charge in [0, 0.05) is 5.56 Å². The van der Waals surface area contributed by atoms with Crippen LogP contribution in [0.2, 0.25) is 0 Å². The van der Waals surface area contributed by atoms with Crippen molar-refractivity contribution in [3.8, 4) is 17.1 Å². The van der Waals surface area contributed by atoms with Crippen LogP contribution in [0.4, 0.5) is 0 Å². The van der Waals surface area contributed by atoms with Gasteiger partial charge in [-0.1, -0.05) is 5.16 Å². The fourth-order valence-corrected chi connectivity index (χ4v) is 1.73. The second-order valence-corrected chi connectivity index (χ2v) is 5.00. The maximum Gasteiger partial charge on any atom is 0.321 e. The molecule has 0 aliphatic rings. The Hall–Kier alpha value is -2.37. The number of benzene rings is 1. The lowest BCUT2D eigenvalue weighted by atomic mass is 9.94. The second-order valence-electron chi connectivity index (χ2n) is 5.00. The summed E-state index contributed by atoms with van der Waals surface area (Å²) in [5.74, 6) is 1.00. The van der Waals surface area contributed by atoms with Crippen molar-refractivity contribution in [1.82, 2.24) is 10.1 Å². The third-order valence-electron chi connectivity index (χ3n) is 3.09. The van der Waals surface area contributed by atoms with E-state index < -0.39 is 11.4 Å². The van der Waals surface area contributed by atoms with Gasteiger partial charge in [0.15, 0.2) is 0 Å². The minimum atomic E-state index is -0.978. The largest absolute Gasteiger partial charge is 0.497 e. The van der Waals surface area contributed by atoms with E-state index in [-0.39, 0.29) is 5.89 Å².